The van der Waals surface area contributed by atoms with E-state index >= 15 is 0 Å². The normalized spacial score (nSPS) is 19.8. The third kappa shape index (κ3) is 3.16. The summed E-state index contributed by atoms with van der Waals surface area (Å²) < 4.78 is 12.1. The van der Waals surface area contributed by atoms with Gasteiger partial charge in [0.05, 0.1) is 0 Å². The molecule has 2 heterocycles. The van der Waals surface area contributed by atoms with Gasteiger partial charge in [-0.3, -0.25) is 0 Å². The Morgan fingerprint density at radius 2 is 1.38 bits per heavy atom. The number of fused-ring (bicyclic) bond motifs is 1. The van der Waals surface area contributed by atoms with Gasteiger partial charge in [-0.1, -0.05) is 55.0 Å². The third-order valence-corrected chi connectivity index (χ3v) is 4.12. The molecule has 0 amide bonds. The van der Waals surface area contributed by atoms with Gasteiger partial charge in [0.2, 0.25) is 0 Å². The van der Waals surface area contributed by atoms with Gasteiger partial charge in [0.25, 0.3) is 6.71 Å². The second-order valence-electron chi connectivity index (χ2n) is 5.56. The highest BCUT2D eigenvalue weighted by molar-refractivity contribution is 6.82. The van der Waals surface area contributed by atoms with Gasteiger partial charge in [0.15, 0.2) is 0 Å². The maximum atomic E-state index is 6.08. The van der Waals surface area contributed by atoms with Crippen molar-refractivity contribution in [1.29, 1.82) is 0 Å². The lowest BCUT2D eigenvalue weighted by molar-refractivity contribution is 0.299. The molecule has 24 heavy (non-hydrogen) atoms. The molecule has 0 aromatic rings. The predicted octanol–water partition coefficient (Wildman–Crippen LogP) is 5.54. The van der Waals surface area contributed by atoms with E-state index in [1.165, 1.54) is 0 Å². The Balaban J connectivity index is 2.70. The van der Waals surface area contributed by atoms with Crippen molar-refractivity contribution in [3.05, 3.63) is 108 Å². The molecule has 0 aromatic carbocycles. The molecule has 0 unspecified atom stereocenters. The molecule has 0 atom stereocenters. The Bertz CT molecular complexity index is 755. The van der Waals surface area contributed by atoms with Crippen molar-refractivity contribution in [2.45, 2.75) is 20.8 Å². The standard InChI is InChI=1S/C21H23BO2/c1-7-11-13-19-15(5)22-16(6)20(14-12-8-2)24-18(10-4)21(22)17(9-3)23-19/h7-14H,1-3H2,4-6H3/b13-11-,14-12-,18-10+. The van der Waals surface area contributed by atoms with Crippen molar-refractivity contribution in [1.82, 2.24) is 0 Å². The zero-order valence-electron chi connectivity index (χ0n) is 14.6. The molecule has 2 nitrogen and oxygen atoms in total. The molecule has 0 spiro atoms. The summed E-state index contributed by atoms with van der Waals surface area (Å²) in [5.41, 5.74) is 3.30. The fourth-order valence-electron chi connectivity index (χ4n) is 2.96. The van der Waals surface area contributed by atoms with E-state index in [1.807, 2.05) is 37.3 Å². The van der Waals surface area contributed by atoms with Crippen LogP contribution in [-0.2, 0) is 9.47 Å². The molecule has 0 bridgehead atoms. The van der Waals surface area contributed by atoms with Gasteiger partial charge >= 0.3 is 0 Å². The molecule has 0 saturated heterocycles. The van der Waals surface area contributed by atoms with E-state index in [2.05, 4.69) is 33.6 Å². The van der Waals surface area contributed by atoms with Crippen molar-refractivity contribution < 1.29 is 9.47 Å². The Kier molecular flexibility index (Phi) is 5.70. The van der Waals surface area contributed by atoms with E-state index in [4.69, 9.17) is 9.47 Å². The fourth-order valence-corrected chi connectivity index (χ4v) is 2.96. The van der Waals surface area contributed by atoms with Crippen molar-refractivity contribution in [3.8, 4) is 0 Å². The van der Waals surface area contributed by atoms with Crippen molar-refractivity contribution in [3.63, 3.8) is 0 Å². The monoisotopic (exact) mass is 318 g/mol. The summed E-state index contributed by atoms with van der Waals surface area (Å²) >= 11 is 0. The average molecular weight is 318 g/mol. The first-order valence-electron chi connectivity index (χ1n) is 7.97. The van der Waals surface area contributed by atoms with Crippen LogP contribution >= 0.6 is 0 Å². The second kappa shape index (κ2) is 7.74. The van der Waals surface area contributed by atoms with Crippen LogP contribution in [0, 0.1) is 0 Å². The lowest BCUT2D eigenvalue weighted by Crippen LogP contribution is -2.33. The minimum atomic E-state index is 0.0978. The summed E-state index contributed by atoms with van der Waals surface area (Å²) in [7, 11) is 0. The van der Waals surface area contributed by atoms with Gasteiger partial charge in [-0.25, -0.2) is 0 Å². The van der Waals surface area contributed by atoms with Crippen molar-refractivity contribution in [2.75, 3.05) is 0 Å². The van der Waals surface area contributed by atoms with Gasteiger partial charge in [-0.05, 0) is 45.1 Å². The zero-order valence-corrected chi connectivity index (χ0v) is 14.6. The van der Waals surface area contributed by atoms with Crippen LogP contribution in [0.15, 0.2) is 108 Å². The van der Waals surface area contributed by atoms with Crippen molar-refractivity contribution in [2.24, 2.45) is 0 Å². The van der Waals surface area contributed by atoms with Crippen molar-refractivity contribution >= 4 is 6.71 Å². The van der Waals surface area contributed by atoms with E-state index < -0.39 is 0 Å². The predicted molar refractivity (Wildman–Crippen MR) is 103 cm³/mol. The summed E-state index contributed by atoms with van der Waals surface area (Å²) in [6, 6.07) is 0. The molecule has 2 aliphatic rings. The summed E-state index contributed by atoms with van der Waals surface area (Å²) in [5.74, 6) is 3.19. The van der Waals surface area contributed by atoms with E-state index in [1.54, 1.807) is 18.2 Å². The molecule has 122 valence electrons. The average Bonchev–Trinajstić information content (AvgIpc) is 2.60. The molecular formula is C21H23BO2. The number of rotatable bonds is 5. The molecule has 0 fully saturated rings. The largest absolute Gasteiger partial charge is 0.459 e. The smallest absolute Gasteiger partial charge is 0.250 e. The minimum Gasteiger partial charge on any atom is -0.459 e. The zero-order chi connectivity index (χ0) is 17.7. The Morgan fingerprint density at radius 1 is 0.833 bits per heavy atom. The highest BCUT2D eigenvalue weighted by atomic mass is 16.5. The summed E-state index contributed by atoms with van der Waals surface area (Å²) in [5, 5.41) is 0. The number of ether oxygens (including phenoxy) is 2. The molecule has 0 saturated carbocycles. The first-order valence-corrected chi connectivity index (χ1v) is 7.97. The van der Waals surface area contributed by atoms with E-state index in [0.717, 1.165) is 39.5 Å². The molecule has 0 aromatic heterocycles. The SMILES string of the molecule is C=C/C=C\C1=C(C)B2C(C)=C(/C=C\C=C)O/C(=C/C)C2=C(C=C)O1. The Hall–Kier alpha value is -2.68. The van der Waals surface area contributed by atoms with Crippen LogP contribution in [0.5, 0.6) is 0 Å². The molecule has 0 N–H and O–H groups in total. The van der Waals surface area contributed by atoms with Crippen LogP contribution in [0.4, 0.5) is 0 Å². The molecular weight excluding hydrogens is 295 g/mol. The summed E-state index contributed by atoms with van der Waals surface area (Å²) in [6.45, 7) is 17.6. The van der Waals surface area contributed by atoms with Crippen LogP contribution in [0.3, 0.4) is 0 Å². The lowest BCUT2D eigenvalue weighted by Gasteiger charge is -2.34. The van der Waals surface area contributed by atoms with E-state index in [0.29, 0.717) is 0 Å². The lowest BCUT2D eigenvalue weighted by atomic mass is 9.33. The maximum absolute atomic E-state index is 6.08. The fraction of sp³-hybridized carbons (Fsp3) is 0.143. The van der Waals surface area contributed by atoms with E-state index in [9.17, 15) is 0 Å². The summed E-state index contributed by atoms with van der Waals surface area (Å²) in [6.07, 6.45) is 14.8. The molecule has 0 radical (unpaired) electrons. The van der Waals surface area contributed by atoms with Crippen LogP contribution in [0.25, 0.3) is 0 Å². The number of hydrogen-bond donors (Lipinski definition) is 0. The molecule has 0 aliphatic carbocycles. The first kappa shape index (κ1) is 17.7. The van der Waals surface area contributed by atoms with Gasteiger partial charge < -0.3 is 9.47 Å². The molecule has 2 aliphatic heterocycles. The third-order valence-electron chi connectivity index (χ3n) is 4.12. The highest BCUT2D eigenvalue weighted by Gasteiger charge is 2.39. The van der Waals surface area contributed by atoms with Gasteiger partial charge in [-0.2, -0.15) is 0 Å². The second-order valence-corrected chi connectivity index (χ2v) is 5.56. The minimum absolute atomic E-state index is 0.0978. The van der Waals surface area contributed by atoms with Crippen LogP contribution in [-0.4, -0.2) is 6.71 Å². The quantitative estimate of drug-likeness (QED) is 0.490. The number of allylic oxidation sites excluding steroid dienone is 11. The Labute approximate surface area is 145 Å². The first-order chi connectivity index (χ1) is 11.6. The van der Waals surface area contributed by atoms with Crippen LogP contribution in [0.2, 0.25) is 0 Å². The van der Waals surface area contributed by atoms with Gasteiger partial charge in [0.1, 0.15) is 23.0 Å². The Morgan fingerprint density at radius 3 is 1.83 bits per heavy atom. The van der Waals surface area contributed by atoms with E-state index in [-0.39, 0.29) is 6.71 Å². The van der Waals surface area contributed by atoms with Gasteiger partial charge in [-0.15, -0.1) is 0 Å². The van der Waals surface area contributed by atoms with Gasteiger partial charge in [0, 0.05) is 5.47 Å². The highest BCUT2D eigenvalue weighted by Crippen LogP contribution is 2.41. The topological polar surface area (TPSA) is 18.5 Å². The van der Waals surface area contributed by atoms with Crippen LogP contribution < -0.4 is 0 Å². The van der Waals surface area contributed by atoms with Crippen LogP contribution in [0.1, 0.15) is 20.8 Å². The number of hydrogen-bond acceptors (Lipinski definition) is 2. The summed E-state index contributed by atoms with van der Waals surface area (Å²) in [4.78, 5) is 0. The molecule has 3 heteroatoms. The molecule has 2 rings (SSSR count). The maximum Gasteiger partial charge on any atom is 0.250 e.